The molecule has 0 bridgehead atoms. The van der Waals surface area contributed by atoms with E-state index in [2.05, 4.69) is 20.8 Å². The number of rotatable bonds is 9. The van der Waals surface area contributed by atoms with Gasteiger partial charge in [-0.15, -0.1) is 12.4 Å². The maximum Gasteiger partial charge on any atom is 0.116 e. The second-order valence-corrected chi connectivity index (χ2v) is 11.7. The Hall–Kier alpha value is 1.25. The molecule has 0 radical (unpaired) electrons. The fraction of sp³-hybridized carbons (Fsp3) is 1.00. The van der Waals surface area contributed by atoms with Crippen molar-refractivity contribution in [3.63, 3.8) is 0 Å². The first-order valence-electron chi connectivity index (χ1n) is 5.98. The van der Waals surface area contributed by atoms with Crippen LogP contribution in [0.2, 0.25) is 0 Å². The van der Waals surface area contributed by atoms with Gasteiger partial charge in [0.15, 0.2) is 0 Å². The van der Waals surface area contributed by atoms with Crippen molar-refractivity contribution >= 4 is 41.1 Å². The summed E-state index contributed by atoms with van der Waals surface area (Å²) in [6.07, 6.45) is 6.83. The molecule has 0 aliphatic carbocycles. The number of hydrogen-bond acceptors (Lipinski definition) is 2. The molecule has 5 heteroatoms. The predicted octanol–water partition coefficient (Wildman–Crippen LogP) is 5.07. The van der Waals surface area contributed by atoms with Gasteiger partial charge in [0.2, 0.25) is 0 Å². The maximum atomic E-state index is 10.0. The van der Waals surface area contributed by atoms with Crippen molar-refractivity contribution in [1.82, 2.24) is 0 Å². The molecule has 16 heavy (non-hydrogen) atoms. The van der Waals surface area contributed by atoms with Crippen LogP contribution in [0.25, 0.3) is 0 Å². The Morgan fingerprint density at radius 1 is 1.25 bits per heavy atom. The van der Waals surface area contributed by atoms with E-state index in [9.17, 15) is 4.89 Å². The first-order valence-corrected chi connectivity index (χ1v) is 10.5. The Morgan fingerprint density at radius 3 is 2.38 bits per heavy atom. The molecule has 2 atom stereocenters. The van der Waals surface area contributed by atoms with E-state index in [1.165, 1.54) is 25.7 Å². The van der Waals surface area contributed by atoms with E-state index < -0.39 is 5.47 Å². The Labute approximate surface area is 116 Å². The molecule has 0 aliphatic rings. The van der Waals surface area contributed by atoms with Gasteiger partial charge in [-0.1, -0.05) is 69.6 Å². The molecule has 0 heterocycles. The van der Waals surface area contributed by atoms with Crippen molar-refractivity contribution in [3.05, 3.63) is 0 Å². The lowest BCUT2D eigenvalue weighted by Gasteiger charge is -2.17. The summed E-state index contributed by atoms with van der Waals surface area (Å²) in [5.74, 6) is 1.73. The molecule has 1 N–H and O–H groups in total. The highest BCUT2D eigenvalue weighted by Gasteiger charge is 2.14. The minimum Gasteiger partial charge on any atom is -0.357 e. The highest BCUT2D eigenvalue weighted by molar-refractivity contribution is 8.69. The fourth-order valence-corrected chi connectivity index (χ4v) is 6.02. The van der Waals surface area contributed by atoms with Gasteiger partial charge in [0.05, 0.1) is 0 Å². The van der Waals surface area contributed by atoms with Gasteiger partial charge in [0.25, 0.3) is 0 Å². The van der Waals surface area contributed by atoms with Crippen LogP contribution in [0.3, 0.4) is 0 Å². The van der Waals surface area contributed by atoms with Crippen molar-refractivity contribution in [3.8, 4) is 0 Å². The van der Waals surface area contributed by atoms with Crippen molar-refractivity contribution in [2.24, 2.45) is 5.92 Å². The zero-order chi connectivity index (χ0) is 11.7. The Kier molecular flexibility index (Phi) is 13.9. The minimum absolute atomic E-state index is 0. The molecule has 0 amide bonds. The third kappa shape index (κ3) is 11.7. The van der Waals surface area contributed by atoms with Crippen molar-refractivity contribution in [2.75, 3.05) is 11.9 Å². The fourth-order valence-electron chi connectivity index (χ4n) is 1.45. The summed E-state index contributed by atoms with van der Waals surface area (Å²) in [6, 6.07) is 0. The summed E-state index contributed by atoms with van der Waals surface area (Å²) in [7, 11) is 0. The second kappa shape index (κ2) is 11.3. The third-order valence-corrected chi connectivity index (χ3v) is 8.09. The molecule has 0 aromatic heterocycles. The van der Waals surface area contributed by atoms with Gasteiger partial charge >= 0.3 is 0 Å². The largest absolute Gasteiger partial charge is 0.357 e. The van der Waals surface area contributed by atoms with E-state index >= 15 is 0 Å². The predicted molar refractivity (Wildman–Crippen MR) is 84.7 cm³/mol. The molecule has 0 saturated carbocycles. The zero-order valence-electron chi connectivity index (χ0n) is 10.6. The van der Waals surface area contributed by atoms with E-state index in [0.29, 0.717) is 5.92 Å². The molecule has 0 aromatic rings. The molecule has 0 rings (SSSR count). The van der Waals surface area contributed by atoms with Gasteiger partial charge in [0.1, 0.15) is 5.47 Å². The zero-order valence-corrected chi connectivity index (χ0v) is 14.0. The smallest absolute Gasteiger partial charge is 0.116 e. The van der Waals surface area contributed by atoms with E-state index in [4.69, 9.17) is 11.8 Å². The van der Waals surface area contributed by atoms with Gasteiger partial charge in [-0.3, -0.25) is 0 Å². The molecule has 0 fully saturated rings. The summed E-state index contributed by atoms with van der Waals surface area (Å²) < 4.78 is 0. The molecule has 0 saturated heterocycles. The summed E-state index contributed by atoms with van der Waals surface area (Å²) >= 11 is 6.95. The molecule has 0 spiro atoms. The topological polar surface area (TPSA) is 20.2 Å². The van der Waals surface area contributed by atoms with E-state index in [-0.39, 0.29) is 12.4 Å². The lowest BCUT2D eigenvalue weighted by molar-refractivity contribution is 0.585. The number of hydrogen-bond donors (Lipinski definition) is 1. The van der Waals surface area contributed by atoms with Crippen LogP contribution in [-0.4, -0.2) is 16.8 Å². The average molecular weight is 305 g/mol. The number of halogens is 1. The number of unbranched alkanes of at least 4 members (excludes halogenated alkanes) is 2. The Morgan fingerprint density at radius 2 is 1.88 bits per heavy atom. The summed E-state index contributed by atoms with van der Waals surface area (Å²) in [5, 5.41) is 0. The van der Waals surface area contributed by atoms with Gasteiger partial charge in [-0.05, 0) is 12.3 Å². The first-order chi connectivity index (χ1) is 7.02. The second-order valence-electron chi connectivity index (χ2n) is 4.26. The van der Waals surface area contributed by atoms with Crippen LogP contribution in [0, 0.1) is 5.92 Å². The minimum atomic E-state index is -2.05. The SMILES string of the molecule is CCCCCP(O)(=S)SCC(C)CCC.Cl. The van der Waals surface area contributed by atoms with Crippen molar-refractivity contribution < 1.29 is 4.89 Å². The molecule has 0 aliphatic heterocycles. The average Bonchev–Trinajstić information content (AvgIpc) is 2.16. The first kappa shape index (κ1) is 19.6. The van der Waals surface area contributed by atoms with Crippen LogP contribution in [0.5, 0.6) is 0 Å². The lowest BCUT2D eigenvalue weighted by Crippen LogP contribution is -1.98. The molecular formula is C11H26ClOPS2. The van der Waals surface area contributed by atoms with Crippen LogP contribution in [0.1, 0.15) is 52.9 Å². The monoisotopic (exact) mass is 304 g/mol. The van der Waals surface area contributed by atoms with Crippen LogP contribution >= 0.6 is 29.3 Å². The highest BCUT2D eigenvalue weighted by atomic mass is 35.5. The third-order valence-electron chi connectivity index (χ3n) is 2.39. The maximum absolute atomic E-state index is 10.0. The summed E-state index contributed by atoms with van der Waals surface area (Å²) in [5.41, 5.74) is -2.05. The summed E-state index contributed by atoms with van der Waals surface area (Å²) in [6.45, 7) is 6.63. The molecule has 0 aromatic carbocycles. The molecular weight excluding hydrogens is 279 g/mol. The van der Waals surface area contributed by atoms with E-state index in [1.807, 2.05) is 0 Å². The quantitative estimate of drug-likeness (QED) is 0.474. The standard InChI is InChI=1S/C11H25OPS2.ClH/c1-4-6-7-9-13(12,14)15-10-11(3)8-5-2;/h11H,4-10H2,1-3H3,(H,12,14);1H. The Bertz CT molecular complexity index is 202. The van der Waals surface area contributed by atoms with Gasteiger partial charge in [-0.25, -0.2) is 0 Å². The molecule has 100 valence electrons. The normalized spacial score (nSPS) is 16.2. The lowest BCUT2D eigenvalue weighted by atomic mass is 10.1. The van der Waals surface area contributed by atoms with Crippen LogP contribution in [-0.2, 0) is 11.8 Å². The summed E-state index contributed by atoms with van der Waals surface area (Å²) in [4.78, 5) is 10.0. The van der Waals surface area contributed by atoms with Crippen LogP contribution in [0.15, 0.2) is 0 Å². The van der Waals surface area contributed by atoms with E-state index in [0.717, 1.165) is 18.3 Å². The van der Waals surface area contributed by atoms with Gasteiger partial charge < -0.3 is 4.89 Å². The Balaban J connectivity index is 0. The van der Waals surface area contributed by atoms with Crippen molar-refractivity contribution in [1.29, 1.82) is 0 Å². The van der Waals surface area contributed by atoms with Crippen LogP contribution in [0.4, 0.5) is 0 Å². The van der Waals surface area contributed by atoms with E-state index in [1.54, 1.807) is 11.4 Å². The van der Waals surface area contributed by atoms with Crippen molar-refractivity contribution in [2.45, 2.75) is 52.9 Å². The molecule has 2 unspecified atom stereocenters. The highest BCUT2D eigenvalue weighted by Crippen LogP contribution is 2.56. The van der Waals surface area contributed by atoms with Gasteiger partial charge in [-0.2, -0.15) is 0 Å². The van der Waals surface area contributed by atoms with Crippen LogP contribution < -0.4 is 0 Å². The van der Waals surface area contributed by atoms with Gasteiger partial charge in [0, 0.05) is 11.9 Å². The molecule has 1 nitrogen and oxygen atoms in total.